The smallest absolute Gasteiger partial charge is 0.239 e. The maximum absolute atomic E-state index is 12.6. The highest BCUT2D eigenvalue weighted by molar-refractivity contribution is 7.18. The number of amides is 1. The summed E-state index contributed by atoms with van der Waals surface area (Å²) in [5, 5.41) is 14.1. The number of nitrogens with zero attached hydrogens (tertiary/aromatic N) is 3. The molecule has 3 aromatic rings. The van der Waals surface area contributed by atoms with Gasteiger partial charge in [0.25, 0.3) is 0 Å². The van der Waals surface area contributed by atoms with Crippen molar-refractivity contribution >= 4 is 43.8 Å². The van der Waals surface area contributed by atoms with Gasteiger partial charge in [0.05, 0.1) is 28.4 Å². The Bertz CT molecular complexity index is 1010. The number of nitriles is 1. The Morgan fingerprint density at radius 3 is 2.96 bits per heavy atom. The summed E-state index contributed by atoms with van der Waals surface area (Å²) in [5.41, 5.74) is 2.55. The molecular weight excluding hydrogens is 376 g/mol. The van der Waals surface area contributed by atoms with Crippen molar-refractivity contribution in [3.8, 4) is 6.07 Å². The summed E-state index contributed by atoms with van der Waals surface area (Å²) in [7, 11) is 0. The summed E-state index contributed by atoms with van der Waals surface area (Å²) < 4.78 is 1.19. The number of anilines is 1. The Hall–Kier alpha value is -2.27. The molecule has 3 heterocycles. The van der Waals surface area contributed by atoms with Gasteiger partial charge in [0.1, 0.15) is 16.1 Å². The first kappa shape index (κ1) is 18.1. The number of carbonyl (C=O) groups excluding carboxylic acids is 1. The number of carbonyl (C=O) groups is 1. The molecule has 1 fully saturated rings. The number of hydrogen-bond donors (Lipinski definition) is 1. The summed E-state index contributed by atoms with van der Waals surface area (Å²) in [5.74, 6) is -0.0687. The Balaban J connectivity index is 1.49. The number of hydrogen-bond acceptors (Lipinski definition) is 6. The number of nitrogens with one attached hydrogen (secondary N) is 1. The van der Waals surface area contributed by atoms with Crippen LogP contribution in [0.15, 0.2) is 24.3 Å². The molecule has 1 aliphatic rings. The van der Waals surface area contributed by atoms with Crippen molar-refractivity contribution < 1.29 is 4.79 Å². The lowest BCUT2D eigenvalue weighted by atomic mass is 10.2. The van der Waals surface area contributed by atoms with Crippen LogP contribution >= 0.6 is 22.7 Å². The van der Waals surface area contributed by atoms with Gasteiger partial charge in [0.15, 0.2) is 0 Å². The molecule has 0 radical (unpaired) electrons. The molecule has 1 aliphatic heterocycles. The molecule has 1 N–H and O–H groups in total. The van der Waals surface area contributed by atoms with Crippen LogP contribution in [0.25, 0.3) is 10.2 Å². The Labute approximate surface area is 166 Å². The van der Waals surface area contributed by atoms with Crippen molar-refractivity contribution in [2.75, 3.05) is 18.4 Å². The lowest BCUT2D eigenvalue weighted by Gasteiger charge is -2.21. The SMILES string of the molecule is Cc1sc(NC(=O)CN2CCCC2c2nc3ccccc3s2)c(C#N)c1C. The maximum Gasteiger partial charge on any atom is 0.239 e. The summed E-state index contributed by atoms with van der Waals surface area (Å²) in [6, 6.07) is 10.6. The molecule has 138 valence electrons. The average molecular weight is 397 g/mol. The van der Waals surface area contributed by atoms with E-state index in [2.05, 4.69) is 22.4 Å². The van der Waals surface area contributed by atoms with Crippen LogP contribution in [0.4, 0.5) is 5.00 Å². The Morgan fingerprint density at radius 1 is 1.37 bits per heavy atom. The molecule has 0 saturated carbocycles. The van der Waals surface area contributed by atoms with E-state index in [1.807, 2.05) is 32.0 Å². The molecule has 0 bridgehead atoms. The number of thiophene rings is 1. The third-order valence-corrected chi connectivity index (χ3v) is 7.32. The Kier molecular flexibility index (Phi) is 4.96. The van der Waals surface area contributed by atoms with E-state index in [1.54, 1.807) is 11.3 Å². The van der Waals surface area contributed by atoms with Crippen LogP contribution in [0.2, 0.25) is 0 Å². The van der Waals surface area contributed by atoms with Crippen LogP contribution in [0, 0.1) is 25.2 Å². The normalized spacial score (nSPS) is 17.3. The number of aromatic nitrogens is 1. The van der Waals surface area contributed by atoms with Crippen molar-refractivity contribution in [2.24, 2.45) is 0 Å². The van der Waals surface area contributed by atoms with Crippen molar-refractivity contribution in [1.82, 2.24) is 9.88 Å². The third kappa shape index (κ3) is 3.48. The summed E-state index contributed by atoms with van der Waals surface area (Å²) in [6.45, 7) is 5.10. The number of thiazole rings is 1. The second-order valence-electron chi connectivity index (χ2n) is 6.80. The van der Waals surface area contributed by atoms with Crippen LogP contribution in [-0.2, 0) is 4.79 Å². The van der Waals surface area contributed by atoms with Crippen LogP contribution in [0.5, 0.6) is 0 Å². The highest BCUT2D eigenvalue weighted by Crippen LogP contribution is 2.36. The quantitative estimate of drug-likeness (QED) is 0.698. The molecule has 7 heteroatoms. The standard InChI is InChI=1S/C20H20N4OS2/c1-12-13(2)26-19(14(12)10-21)23-18(25)11-24-9-5-7-16(24)20-22-15-6-3-4-8-17(15)27-20/h3-4,6,8,16H,5,7,9,11H2,1-2H3,(H,23,25). The number of rotatable bonds is 4. The van der Waals surface area contributed by atoms with Crippen molar-refractivity contribution in [3.63, 3.8) is 0 Å². The number of benzene rings is 1. The molecule has 1 unspecified atom stereocenters. The van der Waals surface area contributed by atoms with E-state index in [1.165, 1.54) is 16.0 Å². The number of para-hydroxylation sites is 1. The first-order valence-corrected chi connectivity index (χ1v) is 10.6. The van der Waals surface area contributed by atoms with E-state index >= 15 is 0 Å². The highest BCUT2D eigenvalue weighted by atomic mass is 32.1. The average Bonchev–Trinajstić information content (AvgIpc) is 3.33. The van der Waals surface area contributed by atoms with Gasteiger partial charge >= 0.3 is 0 Å². The van der Waals surface area contributed by atoms with Crippen LogP contribution in [-0.4, -0.2) is 28.9 Å². The zero-order valence-corrected chi connectivity index (χ0v) is 16.9. The zero-order valence-electron chi connectivity index (χ0n) is 15.3. The van der Waals surface area contributed by atoms with Gasteiger partial charge in [0.2, 0.25) is 5.91 Å². The van der Waals surface area contributed by atoms with Gasteiger partial charge in [-0.05, 0) is 50.9 Å². The van der Waals surface area contributed by atoms with Gasteiger partial charge in [-0.15, -0.1) is 22.7 Å². The van der Waals surface area contributed by atoms with Gasteiger partial charge < -0.3 is 5.32 Å². The fraction of sp³-hybridized carbons (Fsp3) is 0.350. The van der Waals surface area contributed by atoms with Gasteiger partial charge in [-0.3, -0.25) is 9.69 Å². The third-order valence-electron chi connectivity index (χ3n) is 5.06. The van der Waals surface area contributed by atoms with Gasteiger partial charge in [-0.25, -0.2) is 4.98 Å². The second kappa shape index (κ2) is 7.39. The van der Waals surface area contributed by atoms with E-state index in [0.29, 0.717) is 17.1 Å². The lowest BCUT2D eigenvalue weighted by molar-refractivity contribution is -0.117. The van der Waals surface area contributed by atoms with Gasteiger partial charge in [-0.1, -0.05) is 12.1 Å². The van der Waals surface area contributed by atoms with E-state index in [4.69, 9.17) is 4.98 Å². The number of likely N-dealkylation sites (tertiary alicyclic amines) is 1. The maximum atomic E-state index is 12.6. The zero-order chi connectivity index (χ0) is 19.0. The molecule has 1 aromatic carbocycles. The van der Waals surface area contributed by atoms with Crippen LogP contribution < -0.4 is 5.32 Å². The summed E-state index contributed by atoms with van der Waals surface area (Å²) in [6.07, 6.45) is 2.09. The summed E-state index contributed by atoms with van der Waals surface area (Å²) >= 11 is 3.18. The van der Waals surface area contributed by atoms with Gasteiger partial charge in [0, 0.05) is 4.88 Å². The molecular formula is C20H20N4OS2. The minimum Gasteiger partial charge on any atom is -0.315 e. The minimum absolute atomic E-state index is 0.0687. The molecule has 4 rings (SSSR count). The van der Waals surface area contributed by atoms with E-state index in [-0.39, 0.29) is 11.9 Å². The first-order valence-electron chi connectivity index (χ1n) is 8.96. The molecule has 1 amide bonds. The fourth-order valence-electron chi connectivity index (χ4n) is 3.53. The predicted octanol–water partition coefficient (Wildman–Crippen LogP) is 4.62. The Morgan fingerprint density at radius 2 is 2.19 bits per heavy atom. The van der Waals surface area contributed by atoms with E-state index in [9.17, 15) is 10.1 Å². The predicted molar refractivity (Wildman–Crippen MR) is 110 cm³/mol. The van der Waals surface area contributed by atoms with Gasteiger partial charge in [-0.2, -0.15) is 5.26 Å². The molecule has 0 aliphatic carbocycles. The minimum atomic E-state index is -0.0687. The fourth-order valence-corrected chi connectivity index (χ4v) is 5.69. The van der Waals surface area contributed by atoms with Crippen molar-refractivity contribution in [2.45, 2.75) is 32.7 Å². The lowest BCUT2D eigenvalue weighted by Crippen LogP contribution is -2.32. The van der Waals surface area contributed by atoms with Crippen LogP contribution in [0.1, 0.15) is 39.9 Å². The van der Waals surface area contributed by atoms with Crippen molar-refractivity contribution in [3.05, 3.63) is 45.3 Å². The van der Waals surface area contributed by atoms with E-state index < -0.39 is 0 Å². The second-order valence-corrected chi connectivity index (χ2v) is 9.08. The topological polar surface area (TPSA) is 69.0 Å². The van der Waals surface area contributed by atoms with Crippen LogP contribution in [0.3, 0.4) is 0 Å². The molecule has 27 heavy (non-hydrogen) atoms. The monoisotopic (exact) mass is 396 g/mol. The molecule has 2 aromatic heterocycles. The molecule has 5 nitrogen and oxygen atoms in total. The molecule has 1 saturated heterocycles. The van der Waals surface area contributed by atoms with E-state index in [0.717, 1.165) is 40.4 Å². The number of aryl methyl sites for hydroxylation is 1. The number of fused-ring (bicyclic) bond motifs is 1. The van der Waals surface area contributed by atoms with Crippen molar-refractivity contribution in [1.29, 1.82) is 5.26 Å². The largest absolute Gasteiger partial charge is 0.315 e. The molecule has 1 atom stereocenters. The molecule has 0 spiro atoms. The highest BCUT2D eigenvalue weighted by Gasteiger charge is 2.30. The summed E-state index contributed by atoms with van der Waals surface area (Å²) in [4.78, 5) is 20.7. The first-order chi connectivity index (χ1) is 13.1.